The van der Waals surface area contributed by atoms with Crippen molar-refractivity contribution < 1.29 is 9.53 Å². The monoisotopic (exact) mass is 248 g/mol. The summed E-state index contributed by atoms with van der Waals surface area (Å²) in [6.45, 7) is 2.93. The van der Waals surface area contributed by atoms with E-state index in [1.165, 1.54) is 0 Å². The van der Waals surface area contributed by atoms with Gasteiger partial charge in [0, 0.05) is 0 Å². The number of benzene rings is 1. The topological polar surface area (TPSA) is 50.4 Å². The minimum absolute atomic E-state index is 0.0193. The summed E-state index contributed by atoms with van der Waals surface area (Å²) in [4.78, 5) is 12.0. The Morgan fingerprint density at radius 3 is 2.72 bits per heavy atom. The zero-order chi connectivity index (χ0) is 13.0. The van der Waals surface area contributed by atoms with E-state index in [9.17, 15) is 4.79 Å². The first-order chi connectivity index (χ1) is 8.70. The fourth-order valence-corrected chi connectivity index (χ4v) is 2.20. The van der Waals surface area contributed by atoms with Gasteiger partial charge < -0.3 is 15.4 Å². The van der Waals surface area contributed by atoms with E-state index >= 15 is 0 Å². The molecule has 2 N–H and O–H groups in total. The molecule has 0 aliphatic carbocycles. The van der Waals surface area contributed by atoms with Crippen LogP contribution in [0.5, 0.6) is 5.75 Å². The first kappa shape index (κ1) is 12.9. The molecule has 1 saturated heterocycles. The van der Waals surface area contributed by atoms with E-state index in [1.54, 1.807) is 7.11 Å². The standard InChI is InChI=1S/C14H20N2O2/c1-10(11-5-7-12(18-2)8-6-11)16-14(17)13-4-3-9-15-13/h5-8,10,13,15H,3-4,9H2,1-2H3,(H,16,17)/t10?,13-/m0/s1. The number of carbonyl (C=O) groups is 1. The van der Waals surface area contributed by atoms with Gasteiger partial charge in [0.1, 0.15) is 5.75 Å². The molecule has 4 heteroatoms. The smallest absolute Gasteiger partial charge is 0.237 e. The SMILES string of the molecule is COc1ccc(C(C)NC(=O)[C@@H]2CCCN2)cc1. The van der Waals surface area contributed by atoms with Gasteiger partial charge in [-0.15, -0.1) is 0 Å². The Bertz CT molecular complexity index is 397. The molecule has 1 aromatic carbocycles. The lowest BCUT2D eigenvalue weighted by Crippen LogP contribution is -2.41. The Labute approximate surface area is 108 Å². The van der Waals surface area contributed by atoms with Crippen molar-refractivity contribution in [3.05, 3.63) is 29.8 Å². The molecule has 0 aromatic heterocycles. The van der Waals surface area contributed by atoms with Crippen molar-refractivity contribution in [1.82, 2.24) is 10.6 Å². The average Bonchev–Trinajstić information content (AvgIpc) is 2.92. The Kier molecular flexibility index (Phi) is 4.20. The molecule has 1 aromatic rings. The summed E-state index contributed by atoms with van der Waals surface area (Å²) >= 11 is 0. The molecule has 1 fully saturated rings. The second-order valence-corrected chi connectivity index (χ2v) is 4.65. The Balaban J connectivity index is 1.93. The lowest BCUT2D eigenvalue weighted by molar-refractivity contribution is -0.123. The molecule has 1 amide bonds. The van der Waals surface area contributed by atoms with Crippen LogP contribution in [0.1, 0.15) is 31.4 Å². The lowest BCUT2D eigenvalue weighted by Gasteiger charge is -2.17. The summed E-state index contributed by atoms with van der Waals surface area (Å²) in [5, 5.41) is 6.23. The second-order valence-electron chi connectivity index (χ2n) is 4.65. The predicted octanol–water partition coefficient (Wildman–Crippen LogP) is 1.62. The number of nitrogens with one attached hydrogen (secondary N) is 2. The highest BCUT2D eigenvalue weighted by Crippen LogP contribution is 2.17. The second kappa shape index (κ2) is 5.87. The molecule has 1 heterocycles. The number of rotatable bonds is 4. The van der Waals surface area contributed by atoms with Crippen LogP contribution in [0.3, 0.4) is 0 Å². The Morgan fingerprint density at radius 1 is 1.44 bits per heavy atom. The van der Waals surface area contributed by atoms with Crippen LogP contribution in [0.15, 0.2) is 24.3 Å². The molecule has 0 radical (unpaired) electrons. The van der Waals surface area contributed by atoms with Crippen molar-refractivity contribution in [3.63, 3.8) is 0 Å². The molecular weight excluding hydrogens is 228 g/mol. The first-order valence-corrected chi connectivity index (χ1v) is 6.38. The molecule has 0 bridgehead atoms. The summed E-state index contributed by atoms with van der Waals surface area (Å²) in [6, 6.07) is 7.77. The van der Waals surface area contributed by atoms with Crippen molar-refractivity contribution in [3.8, 4) is 5.75 Å². The summed E-state index contributed by atoms with van der Waals surface area (Å²) < 4.78 is 5.11. The van der Waals surface area contributed by atoms with Crippen molar-refractivity contribution in [2.45, 2.75) is 31.8 Å². The number of ether oxygens (including phenoxy) is 1. The van der Waals surface area contributed by atoms with E-state index in [0.29, 0.717) is 0 Å². The van der Waals surface area contributed by atoms with Crippen molar-refractivity contribution in [2.75, 3.05) is 13.7 Å². The maximum Gasteiger partial charge on any atom is 0.237 e. The average molecular weight is 248 g/mol. The van der Waals surface area contributed by atoms with Gasteiger partial charge in [0.25, 0.3) is 0 Å². The molecule has 98 valence electrons. The van der Waals surface area contributed by atoms with Gasteiger partial charge in [0.15, 0.2) is 0 Å². The number of carbonyl (C=O) groups excluding carboxylic acids is 1. The van der Waals surface area contributed by atoms with Gasteiger partial charge in [-0.05, 0) is 44.0 Å². The van der Waals surface area contributed by atoms with Crippen molar-refractivity contribution in [1.29, 1.82) is 0 Å². The van der Waals surface area contributed by atoms with E-state index in [1.807, 2.05) is 31.2 Å². The first-order valence-electron chi connectivity index (χ1n) is 6.38. The van der Waals surface area contributed by atoms with Gasteiger partial charge in [-0.25, -0.2) is 0 Å². The number of methoxy groups -OCH3 is 1. The molecule has 1 unspecified atom stereocenters. The normalized spacial score (nSPS) is 20.4. The van der Waals surface area contributed by atoms with Crippen LogP contribution in [-0.4, -0.2) is 25.6 Å². The summed E-state index contributed by atoms with van der Waals surface area (Å²) in [5.74, 6) is 0.922. The largest absolute Gasteiger partial charge is 0.497 e. The lowest BCUT2D eigenvalue weighted by atomic mass is 10.1. The maximum absolute atomic E-state index is 12.0. The third-order valence-corrected chi connectivity index (χ3v) is 3.35. The zero-order valence-corrected chi connectivity index (χ0v) is 10.9. The molecule has 2 rings (SSSR count). The minimum atomic E-state index is -0.0225. The molecule has 4 nitrogen and oxygen atoms in total. The van der Waals surface area contributed by atoms with E-state index in [0.717, 1.165) is 30.7 Å². The van der Waals surface area contributed by atoms with Crippen LogP contribution < -0.4 is 15.4 Å². The van der Waals surface area contributed by atoms with Crippen LogP contribution in [-0.2, 0) is 4.79 Å². The van der Waals surface area contributed by atoms with Crippen LogP contribution in [0.2, 0.25) is 0 Å². The van der Waals surface area contributed by atoms with Gasteiger partial charge in [0.2, 0.25) is 5.91 Å². The molecule has 0 saturated carbocycles. The third kappa shape index (κ3) is 3.01. The summed E-state index contributed by atoms with van der Waals surface area (Å²) in [6.07, 6.45) is 2.01. The van der Waals surface area contributed by atoms with Crippen LogP contribution in [0.4, 0.5) is 0 Å². The van der Waals surface area contributed by atoms with Crippen LogP contribution in [0.25, 0.3) is 0 Å². The summed E-state index contributed by atoms with van der Waals surface area (Å²) in [5.41, 5.74) is 1.09. The molecule has 1 aliphatic rings. The van der Waals surface area contributed by atoms with Gasteiger partial charge in [-0.1, -0.05) is 12.1 Å². The number of hydrogen-bond donors (Lipinski definition) is 2. The fraction of sp³-hybridized carbons (Fsp3) is 0.500. The van der Waals surface area contributed by atoms with Gasteiger partial charge in [-0.2, -0.15) is 0 Å². The highest BCUT2D eigenvalue weighted by Gasteiger charge is 2.23. The Morgan fingerprint density at radius 2 is 2.17 bits per heavy atom. The quantitative estimate of drug-likeness (QED) is 0.851. The molecule has 0 spiro atoms. The Hall–Kier alpha value is -1.55. The highest BCUT2D eigenvalue weighted by molar-refractivity contribution is 5.82. The molecular formula is C14H20N2O2. The number of amides is 1. The fourth-order valence-electron chi connectivity index (χ4n) is 2.20. The summed E-state index contributed by atoms with van der Waals surface area (Å²) in [7, 11) is 1.64. The third-order valence-electron chi connectivity index (χ3n) is 3.35. The van der Waals surface area contributed by atoms with Crippen molar-refractivity contribution >= 4 is 5.91 Å². The van der Waals surface area contributed by atoms with Crippen LogP contribution in [0, 0.1) is 0 Å². The van der Waals surface area contributed by atoms with Gasteiger partial charge in [-0.3, -0.25) is 4.79 Å². The van der Waals surface area contributed by atoms with E-state index in [2.05, 4.69) is 10.6 Å². The van der Waals surface area contributed by atoms with Crippen molar-refractivity contribution in [2.24, 2.45) is 0 Å². The minimum Gasteiger partial charge on any atom is -0.497 e. The maximum atomic E-state index is 12.0. The molecule has 2 atom stereocenters. The van der Waals surface area contributed by atoms with Gasteiger partial charge >= 0.3 is 0 Å². The van der Waals surface area contributed by atoms with Crippen LogP contribution >= 0.6 is 0 Å². The molecule has 1 aliphatic heterocycles. The number of hydrogen-bond acceptors (Lipinski definition) is 3. The van der Waals surface area contributed by atoms with E-state index < -0.39 is 0 Å². The van der Waals surface area contributed by atoms with E-state index in [4.69, 9.17) is 4.74 Å². The highest BCUT2D eigenvalue weighted by atomic mass is 16.5. The zero-order valence-electron chi connectivity index (χ0n) is 10.9. The van der Waals surface area contributed by atoms with E-state index in [-0.39, 0.29) is 18.0 Å². The predicted molar refractivity (Wildman–Crippen MR) is 70.6 cm³/mol. The molecule has 18 heavy (non-hydrogen) atoms. The van der Waals surface area contributed by atoms with Gasteiger partial charge in [0.05, 0.1) is 19.2 Å².